The number of benzene rings is 4. The zero-order valence-corrected chi connectivity index (χ0v) is 41.8. The Hall–Kier alpha value is -7.13. The van der Waals surface area contributed by atoms with E-state index in [0.717, 1.165) is 66.4 Å². The predicted octanol–water partition coefficient (Wildman–Crippen LogP) is 5.92. The van der Waals surface area contributed by atoms with Crippen molar-refractivity contribution in [3.63, 3.8) is 0 Å². The summed E-state index contributed by atoms with van der Waals surface area (Å²) >= 11 is 0. The van der Waals surface area contributed by atoms with E-state index in [0.29, 0.717) is 55.1 Å². The molecular weight excluding hydrogens is 941 g/mol. The van der Waals surface area contributed by atoms with Crippen LogP contribution in [0, 0.1) is 12.8 Å². The summed E-state index contributed by atoms with van der Waals surface area (Å²) in [7, 11) is -3.73. The number of ether oxygens (including phenoxy) is 3. The highest BCUT2D eigenvalue weighted by Gasteiger charge is 2.38. The molecule has 0 saturated carbocycles. The van der Waals surface area contributed by atoms with Crippen LogP contribution in [0.1, 0.15) is 73.4 Å². The number of piperidine rings is 1. The maximum Gasteiger partial charge on any atom is 0.315 e. The van der Waals surface area contributed by atoms with Gasteiger partial charge in [0, 0.05) is 85.5 Å². The Morgan fingerprint density at radius 1 is 0.889 bits per heavy atom. The Bertz CT molecular complexity index is 2870. The number of carbonyl (C=O) groups excluding carboxylic acids is 4. The minimum atomic E-state index is -3.73. The number of aromatic nitrogens is 2. The third-order valence-corrected chi connectivity index (χ3v) is 13.9. The molecule has 0 unspecified atom stereocenters. The molecule has 19 nitrogen and oxygen atoms in total. The first-order valence-electron chi connectivity index (χ1n) is 24.1. The average Bonchev–Trinajstić information content (AvgIpc) is 3.79. The van der Waals surface area contributed by atoms with Crippen molar-refractivity contribution in [2.24, 2.45) is 5.92 Å². The number of anilines is 4. The molecule has 0 radical (unpaired) electrons. The van der Waals surface area contributed by atoms with Crippen LogP contribution in [-0.2, 0) is 61.9 Å². The first kappa shape index (κ1) is 51.2. The number of sulfonamides is 1. The van der Waals surface area contributed by atoms with Gasteiger partial charge in [0.15, 0.2) is 0 Å². The maximum absolute atomic E-state index is 13.6. The number of morpholine rings is 1. The van der Waals surface area contributed by atoms with Gasteiger partial charge in [0.05, 0.1) is 31.3 Å². The number of hydrogen-bond acceptors (Lipinski definition) is 14. The molecule has 1 aromatic heterocycles. The van der Waals surface area contributed by atoms with Crippen LogP contribution in [0.15, 0.2) is 96.0 Å². The molecule has 2 fully saturated rings. The summed E-state index contributed by atoms with van der Waals surface area (Å²) in [5.41, 5.74) is 6.01. The topological polar surface area (TPSA) is 235 Å². The predicted molar refractivity (Wildman–Crippen MR) is 270 cm³/mol. The number of hydrogen-bond donors (Lipinski definition) is 6. The van der Waals surface area contributed by atoms with E-state index in [4.69, 9.17) is 14.2 Å². The van der Waals surface area contributed by atoms with Gasteiger partial charge in [0.25, 0.3) is 0 Å². The molecule has 0 bridgehead atoms. The lowest BCUT2D eigenvalue weighted by Crippen LogP contribution is -2.47. The van der Waals surface area contributed by atoms with Crippen LogP contribution in [0.2, 0.25) is 0 Å². The third kappa shape index (κ3) is 13.8. The van der Waals surface area contributed by atoms with E-state index in [1.807, 2.05) is 55.5 Å². The van der Waals surface area contributed by atoms with E-state index >= 15 is 0 Å². The molecule has 0 aliphatic carbocycles. The van der Waals surface area contributed by atoms with Gasteiger partial charge in [-0.3, -0.25) is 24.6 Å². The number of amides is 5. The van der Waals surface area contributed by atoms with E-state index in [1.54, 1.807) is 56.1 Å². The number of nitrogens with one attached hydrogen (secondary N) is 6. The van der Waals surface area contributed by atoms with Gasteiger partial charge in [-0.1, -0.05) is 42.5 Å². The van der Waals surface area contributed by atoms with Crippen molar-refractivity contribution >= 4 is 56.9 Å². The number of urea groups is 1. The second-order valence-electron chi connectivity index (χ2n) is 19.1. The van der Waals surface area contributed by atoms with Crippen molar-refractivity contribution in [3.05, 3.63) is 125 Å². The quantitative estimate of drug-likeness (QED) is 0.0320. The summed E-state index contributed by atoms with van der Waals surface area (Å²) in [6, 6.07) is 25.6. The van der Waals surface area contributed by atoms with Crippen molar-refractivity contribution in [1.82, 2.24) is 40.4 Å². The summed E-state index contributed by atoms with van der Waals surface area (Å²) < 4.78 is 46.5. The van der Waals surface area contributed by atoms with Crippen LogP contribution in [-0.4, -0.2) is 96.9 Å². The molecule has 6 N–H and O–H groups in total. The Kier molecular flexibility index (Phi) is 16.3. The largest absolute Gasteiger partial charge is 0.494 e. The Morgan fingerprint density at radius 2 is 1.65 bits per heavy atom. The normalized spacial score (nSPS) is 16.1. The number of nitrogens with zero attached hydrogens (tertiary/aromatic N) is 4. The van der Waals surface area contributed by atoms with Gasteiger partial charge in [-0.2, -0.15) is 4.98 Å². The number of imide groups is 1. The number of rotatable bonds is 19. The van der Waals surface area contributed by atoms with Gasteiger partial charge >= 0.3 is 6.03 Å². The van der Waals surface area contributed by atoms with Crippen LogP contribution >= 0.6 is 0 Å². The van der Waals surface area contributed by atoms with E-state index in [-0.39, 0.29) is 55.3 Å². The molecule has 380 valence electrons. The van der Waals surface area contributed by atoms with E-state index < -0.39 is 27.4 Å². The van der Waals surface area contributed by atoms with Crippen molar-refractivity contribution < 1.29 is 41.8 Å². The first-order chi connectivity index (χ1) is 34.5. The summed E-state index contributed by atoms with van der Waals surface area (Å²) in [4.78, 5) is 64.1. The molecule has 1 atom stereocenters. The Balaban J connectivity index is 0.814. The molecule has 3 aliphatic rings. The molecule has 4 heterocycles. The van der Waals surface area contributed by atoms with E-state index in [1.165, 1.54) is 5.56 Å². The minimum absolute atomic E-state index is 0.113. The molecule has 4 aromatic carbocycles. The highest BCUT2D eigenvalue weighted by atomic mass is 32.2. The van der Waals surface area contributed by atoms with Gasteiger partial charge in [0.2, 0.25) is 33.7 Å². The highest BCUT2D eigenvalue weighted by Crippen LogP contribution is 2.36. The molecule has 20 heteroatoms. The molecule has 72 heavy (non-hydrogen) atoms. The smallest absolute Gasteiger partial charge is 0.315 e. The summed E-state index contributed by atoms with van der Waals surface area (Å²) in [5.74, 6) is -0.143. The van der Waals surface area contributed by atoms with Crippen LogP contribution in [0.4, 0.5) is 27.9 Å². The Labute approximate surface area is 419 Å². The molecule has 8 rings (SSSR count). The summed E-state index contributed by atoms with van der Waals surface area (Å²) in [6.07, 6.45) is 2.50. The van der Waals surface area contributed by atoms with Gasteiger partial charge < -0.3 is 40.4 Å². The van der Waals surface area contributed by atoms with Gasteiger partial charge in [-0.25, -0.2) is 22.9 Å². The van der Waals surface area contributed by atoms with E-state index in [2.05, 4.69) is 58.3 Å². The number of fused-ring (bicyclic) bond motifs is 1. The van der Waals surface area contributed by atoms with Gasteiger partial charge in [-0.05, 0) is 99.7 Å². The molecule has 5 aromatic rings. The van der Waals surface area contributed by atoms with E-state index in [9.17, 15) is 27.6 Å². The fraction of sp³-hybridized carbons (Fsp3) is 0.385. The summed E-state index contributed by atoms with van der Waals surface area (Å²) in [5, 5.41) is 14.5. The molecule has 5 amide bonds. The number of carbonyl (C=O) groups is 4. The van der Waals surface area contributed by atoms with Gasteiger partial charge in [0.1, 0.15) is 29.8 Å². The average molecular weight is 1000 g/mol. The molecular formula is C52H62N10O9S. The second kappa shape index (κ2) is 23.0. The van der Waals surface area contributed by atoms with Crippen LogP contribution in [0.3, 0.4) is 0 Å². The van der Waals surface area contributed by atoms with Crippen LogP contribution in [0.5, 0.6) is 11.5 Å². The molecule has 2 saturated heterocycles. The minimum Gasteiger partial charge on any atom is -0.494 e. The SMILES string of the molecule is Cc1cnc(Nc2ccc(OCCCNC(=O)NCc3ccc4c(c3OCc3ccc(CN5CCOCC5)cc3)CN(C(=O)[C@H]3CCC(=O)NC3=O)C4)cc2)nc1Nc1cccc(S(=O)(=O)NC(C)(C)C)c1. The third-order valence-electron chi connectivity index (χ3n) is 12.2. The second-order valence-corrected chi connectivity index (χ2v) is 20.8. The monoisotopic (exact) mass is 1000 g/mol. The Morgan fingerprint density at radius 3 is 2.40 bits per heavy atom. The lowest BCUT2D eigenvalue weighted by atomic mass is 9.97. The summed E-state index contributed by atoms with van der Waals surface area (Å²) in [6.45, 7) is 13.0. The van der Waals surface area contributed by atoms with Gasteiger partial charge in [-0.15, -0.1) is 0 Å². The zero-order chi connectivity index (χ0) is 50.8. The fourth-order valence-electron chi connectivity index (χ4n) is 8.46. The van der Waals surface area contributed by atoms with Crippen molar-refractivity contribution in [3.8, 4) is 11.5 Å². The lowest BCUT2D eigenvalue weighted by molar-refractivity contribution is -0.146. The maximum atomic E-state index is 13.6. The molecule has 3 aliphatic heterocycles. The van der Waals surface area contributed by atoms with Crippen LogP contribution < -0.4 is 40.8 Å². The van der Waals surface area contributed by atoms with Crippen molar-refractivity contribution in [2.75, 3.05) is 50.1 Å². The molecule has 0 spiro atoms. The zero-order valence-electron chi connectivity index (χ0n) is 41.0. The first-order valence-corrected chi connectivity index (χ1v) is 25.6. The lowest BCUT2D eigenvalue weighted by Gasteiger charge is -2.26. The highest BCUT2D eigenvalue weighted by molar-refractivity contribution is 7.89. The van der Waals surface area contributed by atoms with Crippen LogP contribution in [0.25, 0.3) is 0 Å². The standard InChI is InChI=1S/C52H62N10O9S/c1-34-28-54-50(59-47(34)56-40-7-5-8-42(27-40)72(67,68)60-52(2,3)4)57-39-15-17-41(18-16-39)70-24-6-21-53-51(66)55-29-37-13-14-38-31-62(49(65)43-19-20-45(63)58-48(43)64)32-44(38)46(37)71-33-36-11-9-35(10-12-36)30-61-22-25-69-26-23-61/h5,7-18,27-28,43,60H,6,19-26,29-33H2,1-4H3,(H2,53,55,66)(H,58,63,64)(H2,54,56,57,59)/t43-/m0/s1. The number of aryl methyl sites for hydroxylation is 1. The fourth-order valence-corrected chi connectivity index (χ4v) is 9.93. The van der Waals surface area contributed by atoms with Crippen molar-refractivity contribution in [1.29, 1.82) is 0 Å². The van der Waals surface area contributed by atoms with Crippen molar-refractivity contribution in [2.45, 2.75) is 90.2 Å².